The second-order valence-corrected chi connectivity index (χ2v) is 10.9. The number of likely N-dealkylation sites (N-methyl/N-ethyl adjacent to an activating group) is 1. The Morgan fingerprint density at radius 2 is 1.51 bits per heavy atom. The van der Waals surface area contributed by atoms with Gasteiger partial charge in [-0.2, -0.15) is 13.2 Å². The van der Waals surface area contributed by atoms with E-state index in [1.165, 1.54) is 12.1 Å². The highest BCUT2D eigenvalue weighted by Crippen LogP contribution is 2.64. The Kier molecular flexibility index (Phi) is 4.64. The van der Waals surface area contributed by atoms with Gasteiger partial charge in [-0.1, -0.05) is 54.6 Å². The molecule has 0 saturated carbocycles. The van der Waals surface area contributed by atoms with Gasteiger partial charge in [-0.05, 0) is 37.2 Å². The number of hydrogen-bond acceptors (Lipinski definition) is 4. The first kappa shape index (κ1) is 24.0. The number of likely N-dealkylation sites (tertiary alicyclic amines) is 1. The van der Waals surface area contributed by atoms with E-state index < -0.39 is 40.2 Å². The van der Waals surface area contributed by atoms with Crippen LogP contribution in [0.2, 0.25) is 0 Å². The summed E-state index contributed by atoms with van der Waals surface area (Å²) in [4.78, 5) is 48.5. The van der Waals surface area contributed by atoms with Crippen molar-refractivity contribution in [3.8, 4) is 0 Å². The summed E-state index contributed by atoms with van der Waals surface area (Å²) in [6.07, 6.45) is -4.42. The average Bonchev–Trinajstić information content (AvgIpc) is 3.57. The maximum absolute atomic E-state index is 14.8. The molecule has 39 heavy (non-hydrogen) atoms. The minimum atomic E-state index is -4.51. The molecule has 3 aromatic carbocycles. The number of Topliss-reactive ketones (excluding diaryl/α,β-unsaturated/α-hetero) is 3. The normalized spacial score (nSPS) is 23.9. The number of H-pyrrole nitrogens is 1. The Hall–Kier alpha value is -4.04. The zero-order chi connectivity index (χ0) is 27.5. The molecule has 0 radical (unpaired) electrons. The average molecular weight is 529 g/mol. The number of rotatable bonds is 1. The first-order chi connectivity index (χ1) is 18.5. The zero-order valence-electron chi connectivity index (χ0n) is 21.1. The number of fused-ring (bicyclic) bond motifs is 5. The van der Waals surface area contributed by atoms with Crippen LogP contribution < -0.4 is 0 Å². The largest absolute Gasteiger partial charge is 0.416 e. The SMILES string of the molecule is Cc1cccc2c3c([nH]c12)CC1(C3=O)C(c2ccc(C(F)(F)F)cc2)CN(C)C12C(=O)c1ccccc1C2=O. The third kappa shape index (κ3) is 2.72. The van der Waals surface area contributed by atoms with E-state index in [2.05, 4.69) is 4.98 Å². The van der Waals surface area contributed by atoms with E-state index in [0.717, 1.165) is 28.6 Å². The summed E-state index contributed by atoms with van der Waals surface area (Å²) in [5.41, 5.74) is -0.231. The molecule has 7 rings (SSSR count). The lowest BCUT2D eigenvalue weighted by atomic mass is 9.59. The number of ketones is 3. The van der Waals surface area contributed by atoms with Gasteiger partial charge in [-0.15, -0.1) is 0 Å². The number of halogens is 3. The molecule has 0 bridgehead atoms. The Bertz CT molecular complexity index is 1720. The predicted octanol–water partition coefficient (Wildman–Crippen LogP) is 5.77. The Morgan fingerprint density at radius 1 is 0.872 bits per heavy atom. The summed E-state index contributed by atoms with van der Waals surface area (Å²) in [5, 5.41) is 0.721. The highest BCUT2D eigenvalue weighted by atomic mass is 19.4. The van der Waals surface area contributed by atoms with Gasteiger partial charge in [0.25, 0.3) is 0 Å². The van der Waals surface area contributed by atoms with Gasteiger partial charge in [-0.25, -0.2) is 0 Å². The van der Waals surface area contributed by atoms with Crippen molar-refractivity contribution in [2.75, 3.05) is 13.6 Å². The van der Waals surface area contributed by atoms with Crippen LogP contribution in [0.4, 0.5) is 13.2 Å². The third-order valence-corrected chi connectivity index (χ3v) is 9.19. The minimum absolute atomic E-state index is 0.0940. The molecule has 2 atom stereocenters. The summed E-state index contributed by atoms with van der Waals surface area (Å²) in [6, 6.07) is 17.0. The molecule has 1 aromatic heterocycles. The van der Waals surface area contributed by atoms with E-state index in [1.54, 1.807) is 36.2 Å². The number of aromatic amines is 1. The molecule has 0 amide bonds. The van der Waals surface area contributed by atoms with Crippen molar-refractivity contribution in [2.45, 2.75) is 31.0 Å². The molecular weight excluding hydrogens is 505 g/mol. The van der Waals surface area contributed by atoms with Crippen molar-refractivity contribution < 1.29 is 27.6 Å². The lowest BCUT2D eigenvalue weighted by molar-refractivity contribution is -0.137. The molecule has 2 aliphatic carbocycles. The summed E-state index contributed by atoms with van der Waals surface area (Å²) in [5.74, 6) is -1.88. The van der Waals surface area contributed by atoms with Crippen molar-refractivity contribution >= 4 is 28.3 Å². The van der Waals surface area contributed by atoms with Crippen LogP contribution in [0.15, 0.2) is 66.7 Å². The van der Waals surface area contributed by atoms with Gasteiger partial charge in [-0.3, -0.25) is 19.3 Å². The fraction of sp³-hybridized carbons (Fsp3) is 0.258. The summed E-state index contributed by atoms with van der Waals surface area (Å²) in [6.45, 7) is 2.09. The van der Waals surface area contributed by atoms with Crippen LogP contribution in [0.3, 0.4) is 0 Å². The molecule has 3 aliphatic rings. The van der Waals surface area contributed by atoms with E-state index in [-0.39, 0.29) is 29.9 Å². The number of carbonyl (C=O) groups is 3. The minimum Gasteiger partial charge on any atom is -0.358 e. The topological polar surface area (TPSA) is 70.2 Å². The van der Waals surface area contributed by atoms with Crippen molar-refractivity contribution in [3.05, 3.63) is 106 Å². The molecule has 2 unspecified atom stereocenters. The number of carbonyl (C=O) groups excluding carboxylic acids is 3. The number of benzene rings is 3. The van der Waals surface area contributed by atoms with Crippen LogP contribution in [0.1, 0.15) is 59.4 Å². The Balaban J connectivity index is 1.49. The lowest BCUT2D eigenvalue weighted by Crippen LogP contribution is -2.63. The molecule has 1 N–H and O–H groups in total. The van der Waals surface area contributed by atoms with Crippen LogP contribution in [0.5, 0.6) is 0 Å². The van der Waals surface area contributed by atoms with Crippen molar-refractivity contribution in [1.82, 2.24) is 9.88 Å². The number of nitrogens with one attached hydrogen (secondary N) is 1. The summed E-state index contributed by atoms with van der Waals surface area (Å²) >= 11 is 0. The molecule has 8 heteroatoms. The summed E-state index contributed by atoms with van der Waals surface area (Å²) < 4.78 is 40.1. The standard InChI is InChI=1S/C31H23F3N2O3/c1-16-6-5-9-21-24-23(35-25(16)21)14-29(28(24)39)22(17-10-12-18(13-11-17)31(32,33)34)15-36(2)30(29)26(37)19-7-3-4-8-20(19)27(30)38/h3-13,22,35H,14-15H2,1-2H3. The van der Waals surface area contributed by atoms with Gasteiger partial charge in [0.05, 0.1) is 11.0 Å². The molecule has 196 valence electrons. The first-order valence-electron chi connectivity index (χ1n) is 12.8. The van der Waals surface area contributed by atoms with Gasteiger partial charge in [0.2, 0.25) is 0 Å². The van der Waals surface area contributed by atoms with Crippen LogP contribution in [-0.2, 0) is 12.6 Å². The molecule has 2 spiro atoms. The number of nitrogens with zero attached hydrogens (tertiary/aromatic N) is 1. The number of para-hydroxylation sites is 1. The lowest BCUT2D eigenvalue weighted by Gasteiger charge is -2.42. The number of alkyl halides is 3. The van der Waals surface area contributed by atoms with Crippen molar-refractivity contribution in [3.63, 3.8) is 0 Å². The smallest absolute Gasteiger partial charge is 0.358 e. The fourth-order valence-corrected chi connectivity index (χ4v) is 7.54. The maximum atomic E-state index is 14.8. The third-order valence-electron chi connectivity index (χ3n) is 9.19. The zero-order valence-corrected chi connectivity index (χ0v) is 21.1. The molecule has 1 fully saturated rings. The van der Waals surface area contributed by atoms with Crippen LogP contribution in [0, 0.1) is 12.3 Å². The van der Waals surface area contributed by atoms with E-state index in [0.29, 0.717) is 16.8 Å². The van der Waals surface area contributed by atoms with Crippen molar-refractivity contribution in [2.24, 2.45) is 5.41 Å². The van der Waals surface area contributed by atoms with Crippen molar-refractivity contribution in [1.29, 1.82) is 0 Å². The van der Waals surface area contributed by atoms with E-state index in [4.69, 9.17) is 0 Å². The van der Waals surface area contributed by atoms with E-state index in [1.807, 2.05) is 25.1 Å². The number of aryl methyl sites for hydroxylation is 1. The predicted molar refractivity (Wildman–Crippen MR) is 138 cm³/mol. The second kappa shape index (κ2) is 7.54. The molecular formula is C31H23F3N2O3. The van der Waals surface area contributed by atoms with Gasteiger partial charge in [0.1, 0.15) is 0 Å². The van der Waals surface area contributed by atoms with Crippen LogP contribution in [-0.4, -0.2) is 46.4 Å². The molecule has 1 saturated heterocycles. The van der Waals surface area contributed by atoms with E-state index >= 15 is 0 Å². The van der Waals surface area contributed by atoms with E-state index in [9.17, 15) is 27.6 Å². The Labute approximate surface area is 221 Å². The fourth-order valence-electron chi connectivity index (χ4n) is 7.54. The second-order valence-electron chi connectivity index (χ2n) is 10.9. The number of hydrogen-bond donors (Lipinski definition) is 1. The molecule has 1 aliphatic heterocycles. The monoisotopic (exact) mass is 528 g/mol. The Morgan fingerprint density at radius 3 is 2.13 bits per heavy atom. The van der Waals surface area contributed by atoms with Gasteiger partial charge >= 0.3 is 6.18 Å². The van der Waals surface area contributed by atoms with Gasteiger partial charge in [0, 0.05) is 52.2 Å². The molecule has 2 heterocycles. The highest BCUT2D eigenvalue weighted by Gasteiger charge is 2.77. The van der Waals surface area contributed by atoms with Gasteiger partial charge in [0.15, 0.2) is 22.9 Å². The highest BCUT2D eigenvalue weighted by molar-refractivity contribution is 6.37. The first-order valence-corrected chi connectivity index (χ1v) is 12.8. The molecule has 4 aromatic rings. The quantitative estimate of drug-likeness (QED) is 0.319. The number of aromatic nitrogens is 1. The van der Waals surface area contributed by atoms with Gasteiger partial charge < -0.3 is 4.98 Å². The summed E-state index contributed by atoms with van der Waals surface area (Å²) in [7, 11) is 1.66. The maximum Gasteiger partial charge on any atom is 0.416 e. The molecule has 5 nitrogen and oxygen atoms in total. The van der Waals surface area contributed by atoms with Crippen LogP contribution >= 0.6 is 0 Å². The van der Waals surface area contributed by atoms with Crippen LogP contribution in [0.25, 0.3) is 10.9 Å².